The lowest BCUT2D eigenvalue weighted by Crippen LogP contribution is -2.30. The van der Waals surface area contributed by atoms with Crippen LogP contribution in [0.3, 0.4) is 0 Å². The molecule has 2 rings (SSSR count). The van der Waals surface area contributed by atoms with Crippen LogP contribution < -0.4 is 5.32 Å². The highest BCUT2D eigenvalue weighted by molar-refractivity contribution is 7.99. The Hall–Kier alpha value is -2.78. The van der Waals surface area contributed by atoms with Gasteiger partial charge in [-0.15, -0.1) is 11.8 Å². The topological polar surface area (TPSA) is 79.2 Å². The van der Waals surface area contributed by atoms with Crippen molar-refractivity contribution in [3.05, 3.63) is 65.2 Å². The first kappa shape index (κ1) is 19.5. The van der Waals surface area contributed by atoms with E-state index in [1.54, 1.807) is 24.3 Å². The molecular formula is C20H20N2O3S. The molecule has 0 fully saturated rings. The van der Waals surface area contributed by atoms with E-state index >= 15 is 0 Å². The molecule has 0 aliphatic carbocycles. The van der Waals surface area contributed by atoms with Crippen molar-refractivity contribution in [1.82, 2.24) is 0 Å². The number of esters is 1. The Labute approximate surface area is 157 Å². The van der Waals surface area contributed by atoms with Crippen molar-refractivity contribution in [3.8, 4) is 6.07 Å². The number of nitrogens with one attached hydrogen (secondary N) is 1. The number of thioether (sulfide) groups is 1. The highest BCUT2D eigenvalue weighted by Gasteiger charge is 2.17. The molecule has 0 aliphatic rings. The van der Waals surface area contributed by atoms with Gasteiger partial charge >= 0.3 is 5.97 Å². The first-order valence-corrected chi connectivity index (χ1v) is 9.27. The van der Waals surface area contributed by atoms with Gasteiger partial charge in [-0.3, -0.25) is 9.59 Å². The first-order valence-electron chi connectivity index (χ1n) is 8.11. The zero-order chi connectivity index (χ0) is 18.9. The van der Waals surface area contributed by atoms with Gasteiger partial charge < -0.3 is 10.1 Å². The molecule has 0 unspecified atom stereocenters. The summed E-state index contributed by atoms with van der Waals surface area (Å²) in [5.41, 5.74) is 3.39. The molecule has 1 N–H and O–H groups in total. The predicted octanol–water partition coefficient (Wildman–Crippen LogP) is 3.67. The highest BCUT2D eigenvalue weighted by atomic mass is 32.2. The number of ether oxygens (including phenoxy) is 1. The Bertz CT molecular complexity index is 795. The molecule has 5 nitrogen and oxygen atoms in total. The zero-order valence-electron chi connectivity index (χ0n) is 14.7. The Morgan fingerprint density at radius 3 is 2.42 bits per heavy atom. The van der Waals surface area contributed by atoms with Gasteiger partial charge in [-0.05, 0) is 43.7 Å². The number of carbonyl (C=O) groups is 2. The van der Waals surface area contributed by atoms with E-state index in [1.165, 1.54) is 24.2 Å². The normalized spacial score (nSPS) is 11.3. The molecule has 0 saturated carbocycles. The molecule has 0 radical (unpaired) electrons. The maximum absolute atomic E-state index is 12.1. The van der Waals surface area contributed by atoms with E-state index in [2.05, 4.69) is 5.32 Å². The van der Waals surface area contributed by atoms with Crippen LogP contribution in [-0.2, 0) is 20.1 Å². The molecule has 0 bridgehead atoms. The molecular weight excluding hydrogens is 348 g/mol. The number of hydrogen-bond donors (Lipinski definition) is 1. The molecule has 26 heavy (non-hydrogen) atoms. The molecule has 2 aromatic rings. The average Bonchev–Trinajstić information content (AvgIpc) is 2.64. The fourth-order valence-electron chi connectivity index (χ4n) is 2.09. The summed E-state index contributed by atoms with van der Waals surface area (Å²) in [7, 11) is 0. The number of nitriles is 1. The van der Waals surface area contributed by atoms with Crippen LogP contribution in [0.15, 0.2) is 48.5 Å². The zero-order valence-corrected chi connectivity index (χ0v) is 15.5. The van der Waals surface area contributed by atoms with Crippen molar-refractivity contribution in [2.24, 2.45) is 0 Å². The van der Waals surface area contributed by atoms with E-state index in [1.807, 2.05) is 37.3 Å². The summed E-state index contributed by atoms with van der Waals surface area (Å²) >= 11 is 1.45. The number of nitrogens with zero attached hydrogens (tertiary/aromatic N) is 1. The predicted molar refractivity (Wildman–Crippen MR) is 103 cm³/mol. The van der Waals surface area contributed by atoms with E-state index in [0.717, 1.165) is 5.56 Å². The smallest absolute Gasteiger partial charge is 0.316 e. The van der Waals surface area contributed by atoms with Gasteiger partial charge in [-0.25, -0.2) is 0 Å². The van der Waals surface area contributed by atoms with Crippen LogP contribution in [0.1, 0.15) is 23.6 Å². The van der Waals surface area contributed by atoms with Crippen molar-refractivity contribution < 1.29 is 14.3 Å². The SMILES string of the molecule is Cc1ccc(CSCC(=O)O[C@@H](C)C(=O)Nc2ccc(C#N)cc2)cc1. The molecule has 2 aromatic carbocycles. The minimum absolute atomic E-state index is 0.183. The van der Waals surface area contributed by atoms with Crippen LogP contribution in [-0.4, -0.2) is 23.7 Å². The third-order valence-electron chi connectivity index (χ3n) is 3.57. The number of rotatable bonds is 7. The molecule has 0 spiro atoms. The fraction of sp³-hybridized carbons (Fsp3) is 0.250. The molecule has 134 valence electrons. The van der Waals surface area contributed by atoms with Gasteiger partial charge in [0.05, 0.1) is 17.4 Å². The van der Waals surface area contributed by atoms with Gasteiger partial charge in [0, 0.05) is 11.4 Å². The Balaban J connectivity index is 1.73. The maximum Gasteiger partial charge on any atom is 0.316 e. The van der Waals surface area contributed by atoms with Crippen molar-refractivity contribution in [2.75, 3.05) is 11.1 Å². The number of carbonyl (C=O) groups excluding carboxylic acids is 2. The fourth-order valence-corrected chi connectivity index (χ4v) is 2.86. The Morgan fingerprint density at radius 2 is 1.81 bits per heavy atom. The van der Waals surface area contributed by atoms with E-state index in [9.17, 15) is 9.59 Å². The van der Waals surface area contributed by atoms with Crippen molar-refractivity contribution >= 4 is 29.3 Å². The van der Waals surface area contributed by atoms with Gasteiger partial charge in [-0.2, -0.15) is 5.26 Å². The summed E-state index contributed by atoms with van der Waals surface area (Å²) in [5, 5.41) is 11.4. The number of aryl methyl sites for hydroxylation is 1. The highest BCUT2D eigenvalue weighted by Crippen LogP contribution is 2.14. The molecule has 0 heterocycles. The second kappa shape index (κ2) is 9.64. The van der Waals surface area contributed by atoms with Crippen LogP contribution in [0, 0.1) is 18.3 Å². The van der Waals surface area contributed by atoms with Crippen molar-refractivity contribution in [2.45, 2.75) is 25.7 Å². The third-order valence-corrected chi connectivity index (χ3v) is 4.55. The third kappa shape index (κ3) is 6.26. The number of hydrogen-bond acceptors (Lipinski definition) is 5. The van der Waals surface area contributed by atoms with Crippen LogP contribution >= 0.6 is 11.8 Å². The number of anilines is 1. The summed E-state index contributed by atoms with van der Waals surface area (Å²) < 4.78 is 5.16. The van der Waals surface area contributed by atoms with Crippen LogP contribution in [0.4, 0.5) is 5.69 Å². The summed E-state index contributed by atoms with van der Waals surface area (Å²) in [4.78, 5) is 23.9. The minimum atomic E-state index is -0.891. The molecule has 0 aromatic heterocycles. The van der Waals surface area contributed by atoms with Crippen LogP contribution in [0.5, 0.6) is 0 Å². The molecule has 6 heteroatoms. The number of benzene rings is 2. The number of amides is 1. The average molecular weight is 368 g/mol. The second-order valence-corrected chi connectivity index (χ2v) is 6.77. The van der Waals surface area contributed by atoms with Crippen molar-refractivity contribution in [3.63, 3.8) is 0 Å². The maximum atomic E-state index is 12.1. The summed E-state index contributed by atoms with van der Waals surface area (Å²) in [6, 6.07) is 16.6. The van der Waals surface area contributed by atoms with Gasteiger partial charge in [0.1, 0.15) is 0 Å². The lowest BCUT2D eigenvalue weighted by molar-refractivity contribution is -0.150. The molecule has 1 amide bonds. The van der Waals surface area contributed by atoms with Gasteiger partial charge in [0.15, 0.2) is 6.10 Å². The quantitative estimate of drug-likeness (QED) is 0.754. The van der Waals surface area contributed by atoms with Crippen LogP contribution in [0.25, 0.3) is 0 Å². The molecule has 1 atom stereocenters. The summed E-state index contributed by atoms with van der Waals surface area (Å²) in [6.07, 6.45) is -0.891. The van der Waals surface area contributed by atoms with Gasteiger partial charge in [-0.1, -0.05) is 29.8 Å². The summed E-state index contributed by atoms with van der Waals surface area (Å²) in [5.74, 6) is 0.0556. The largest absolute Gasteiger partial charge is 0.452 e. The lowest BCUT2D eigenvalue weighted by atomic mass is 10.2. The lowest BCUT2D eigenvalue weighted by Gasteiger charge is -2.13. The Kier molecular flexibility index (Phi) is 7.24. The monoisotopic (exact) mass is 368 g/mol. The van der Waals surface area contributed by atoms with Crippen LogP contribution in [0.2, 0.25) is 0 Å². The van der Waals surface area contributed by atoms with E-state index in [0.29, 0.717) is 17.0 Å². The van der Waals surface area contributed by atoms with Crippen molar-refractivity contribution in [1.29, 1.82) is 5.26 Å². The van der Waals surface area contributed by atoms with E-state index in [-0.39, 0.29) is 5.75 Å². The summed E-state index contributed by atoms with van der Waals surface area (Å²) in [6.45, 7) is 3.56. The van der Waals surface area contributed by atoms with E-state index < -0.39 is 18.0 Å². The molecule has 0 saturated heterocycles. The standard InChI is InChI=1S/C20H20N2O3S/c1-14-3-5-17(6-4-14)12-26-13-19(23)25-15(2)20(24)22-18-9-7-16(11-21)8-10-18/h3-10,15H,12-13H2,1-2H3,(H,22,24)/t15-/m0/s1. The Morgan fingerprint density at radius 1 is 1.15 bits per heavy atom. The van der Waals surface area contributed by atoms with Gasteiger partial charge in [0.25, 0.3) is 5.91 Å². The first-order chi connectivity index (χ1) is 12.5. The minimum Gasteiger partial charge on any atom is -0.452 e. The second-order valence-electron chi connectivity index (χ2n) is 5.79. The van der Waals surface area contributed by atoms with Gasteiger partial charge in [0.2, 0.25) is 0 Å². The molecule has 0 aliphatic heterocycles. The van der Waals surface area contributed by atoms with E-state index in [4.69, 9.17) is 10.00 Å².